The van der Waals surface area contributed by atoms with Gasteiger partial charge in [0.2, 0.25) is 0 Å². The van der Waals surface area contributed by atoms with Crippen LogP contribution < -0.4 is 5.32 Å². The van der Waals surface area contributed by atoms with Crippen LogP contribution in [0.15, 0.2) is 24.3 Å². The van der Waals surface area contributed by atoms with Gasteiger partial charge in [-0.3, -0.25) is 4.79 Å². The van der Waals surface area contributed by atoms with E-state index >= 15 is 0 Å². The molecule has 2 unspecified atom stereocenters. The summed E-state index contributed by atoms with van der Waals surface area (Å²) in [4.78, 5) is 12.2. The highest BCUT2D eigenvalue weighted by Gasteiger charge is 2.31. The van der Waals surface area contributed by atoms with Crippen LogP contribution in [0.25, 0.3) is 0 Å². The predicted octanol–water partition coefficient (Wildman–Crippen LogP) is 3.03. The first-order chi connectivity index (χ1) is 9.35. The molecule has 0 spiro atoms. The zero-order chi connectivity index (χ0) is 14.8. The number of hydrogen-bond donors (Lipinski definition) is 1. The number of nitrogens with one attached hydrogen (secondary N) is 1. The molecule has 2 atom stereocenters. The Balaban J connectivity index is 2.03. The lowest BCUT2D eigenvalue weighted by Gasteiger charge is -2.31. The summed E-state index contributed by atoms with van der Waals surface area (Å²) >= 11 is 0. The molecule has 0 radical (unpaired) electrons. The quantitative estimate of drug-likeness (QED) is 0.843. The first kappa shape index (κ1) is 15.0. The monoisotopic (exact) mass is 275 g/mol. The Labute approximate surface area is 121 Å². The van der Waals surface area contributed by atoms with Crippen molar-refractivity contribution in [2.24, 2.45) is 5.92 Å². The number of rotatable bonds is 2. The lowest BCUT2D eigenvalue weighted by Crippen LogP contribution is -2.41. The number of esters is 1. The minimum absolute atomic E-state index is 0.0477. The van der Waals surface area contributed by atoms with Gasteiger partial charge in [0.1, 0.15) is 5.60 Å². The average molecular weight is 275 g/mol. The lowest BCUT2D eigenvalue weighted by molar-refractivity contribution is -0.160. The molecule has 1 aromatic carbocycles. The van der Waals surface area contributed by atoms with E-state index < -0.39 is 5.60 Å². The van der Waals surface area contributed by atoms with Crippen LogP contribution >= 0.6 is 0 Å². The second-order valence-electron chi connectivity index (χ2n) is 6.74. The van der Waals surface area contributed by atoms with Crippen molar-refractivity contribution in [3.63, 3.8) is 0 Å². The Morgan fingerprint density at radius 3 is 2.70 bits per heavy atom. The van der Waals surface area contributed by atoms with E-state index in [1.807, 2.05) is 20.8 Å². The van der Waals surface area contributed by atoms with Gasteiger partial charge in [0, 0.05) is 13.1 Å². The third-order valence-corrected chi connectivity index (χ3v) is 3.60. The van der Waals surface area contributed by atoms with Gasteiger partial charge in [-0.05, 0) is 45.6 Å². The normalized spacial score (nSPS) is 23.4. The van der Waals surface area contributed by atoms with Crippen LogP contribution in [0.3, 0.4) is 0 Å². The van der Waals surface area contributed by atoms with Gasteiger partial charge in [-0.1, -0.05) is 29.8 Å². The van der Waals surface area contributed by atoms with E-state index in [0.717, 1.165) is 19.5 Å². The van der Waals surface area contributed by atoms with Crippen molar-refractivity contribution in [1.82, 2.24) is 5.32 Å². The molecule has 0 saturated carbocycles. The van der Waals surface area contributed by atoms with Crippen LogP contribution in [-0.2, 0) is 9.53 Å². The van der Waals surface area contributed by atoms with E-state index in [4.69, 9.17) is 4.74 Å². The van der Waals surface area contributed by atoms with E-state index in [9.17, 15) is 4.79 Å². The van der Waals surface area contributed by atoms with Crippen molar-refractivity contribution in [1.29, 1.82) is 0 Å². The number of carbonyl (C=O) groups excluding carboxylic acids is 1. The molecule has 1 N–H and O–H groups in total. The number of hydrogen-bond acceptors (Lipinski definition) is 3. The molecule has 0 aliphatic carbocycles. The Bertz CT molecular complexity index is 476. The zero-order valence-corrected chi connectivity index (χ0v) is 12.9. The van der Waals surface area contributed by atoms with Crippen LogP contribution in [0, 0.1) is 12.8 Å². The largest absolute Gasteiger partial charge is 0.460 e. The molecule has 20 heavy (non-hydrogen) atoms. The average Bonchev–Trinajstić information content (AvgIpc) is 2.37. The van der Waals surface area contributed by atoms with Crippen LogP contribution in [0.1, 0.15) is 44.2 Å². The third-order valence-electron chi connectivity index (χ3n) is 3.60. The molecule has 0 amide bonds. The summed E-state index contributed by atoms with van der Waals surface area (Å²) in [5.41, 5.74) is 2.17. The molecule has 1 aliphatic heterocycles. The van der Waals surface area contributed by atoms with Crippen molar-refractivity contribution >= 4 is 5.97 Å². The fourth-order valence-corrected chi connectivity index (χ4v) is 2.68. The van der Waals surface area contributed by atoms with Gasteiger partial charge < -0.3 is 10.1 Å². The SMILES string of the molecule is Cc1cccc(C2CNCC(C(=O)OC(C)(C)C)C2)c1. The third kappa shape index (κ3) is 4.07. The summed E-state index contributed by atoms with van der Waals surface area (Å²) in [6, 6.07) is 8.55. The topological polar surface area (TPSA) is 38.3 Å². The molecule has 1 heterocycles. The standard InChI is InChI=1S/C17H25NO2/c1-12-6-5-7-13(8-12)14-9-15(11-18-10-14)16(19)20-17(2,3)4/h5-8,14-15,18H,9-11H2,1-4H3. The Hall–Kier alpha value is -1.35. The predicted molar refractivity (Wildman–Crippen MR) is 80.7 cm³/mol. The molecule has 1 fully saturated rings. The molecule has 3 nitrogen and oxygen atoms in total. The smallest absolute Gasteiger partial charge is 0.310 e. The van der Waals surface area contributed by atoms with Gasteiger partial charge in [-0.2, -0.15) is 0 Å². The van der Waals surface area contributed by atoms with E-state index in [0.29, 0.717) is 5.92 Å². The van der Waals surface area contributed by atoms with Crippen molar-refractivity contribution in [3.05, 3.63) is 35.4 Å². The molecular formula is C17H25NO2. The maximum atomic E-state index is 12.2. The first-order valence-corrected chi connectivity index (χ1v) is 7.35. The molecule has 110 valence electrons. The summed E-state index contributed by atoms with van der Waals surface area (Å²) in [6.07, 6.45) is 0.866. The minimum atomic E-state index is -0.409. The van der Waals surface area contributed by atoms with Gasteiger partial charge in [0.05, 0.1) is 5.92 Å². The molecule has 3 heteroatoms. The first-order valence-electron chi connectivity index (χ1n) is 7.35. The maximum Gasteiger partial charge on any atom is 0.310 e. The summed E-state index contributed by atoms with van der Waals surface area (Å²) in [7, 11) is 0. The van der Waals surface area contributed by atoms with Gasteiger partial charge in [0.25, 0.3) is 0 Å². The van der Waals surface area contributed by atoms with Crippen LogP contribution in [0.5, 0.6) is 0 Å². The maximum absolute atomic E-state index is 12.2. The number of piperidine rings is 1. The Morgan fingerprint density at radius 1 is 1.30 bits per heavy atom. The summed E-state index contributed by atoms with van der Waals surface area (Å²) < 4.78 is 5.51. The fraction of sp³-hybridized carbons (Fsp3) is 0.588. The van der Waals surface area contributed by atoms with Crippen molar-refractivity contribution < 1.29 is 9.53 Å². The highest BCUT2D eigenvalue weighted by Crippen LogP contribution is 2.28. The number of aryl methyl sites for hydroxylation is 1. The Morgan fingerprint density at radius 2 is 2.05 bits per heavy atom. The number of ether oxygens (including phenoxy) is 1. The summed E-state index contributed by atoms with van der Waals surface area (Å²) in [6.45, 7) is 9.50. The molecule has 2 rings (SSSR count). The molecule has 0 bridgehead atoms. The fourth-order valence-electron chi connectivity index (χ4n) is 2.68. The molecule has 1 aromatic rings. The lowest BCUT2D eigenvalue weighted by atomic mass is 9.85. The number of carbonyl (C=O) groups is 1. The van der Waals surface area contributed by atoms with E-state index in [1.54, 1.807) is 0 Å². The van der Waals surface area contributed by atoms with Crippen LogP contribution in [-0.4, -0.2) is 24.7 Å². The molecular weight excluding hydrogens is 250 g/mol. The summed E-state index contributed by atoms with van der Waals surface area (Å²) in [5.74, 6) is 0.261. The highest BCUT2D eigenvalue weighted by molar-refractivity contribution is 5.73. The van der Waals surface area contributed by atoms with Crippen LogP contribution in [0.2, 0.25) is 0 Å². The van der Waals surface area contributed by atoms with E-state index in [1.165, 1.54) is 11.1 Å². The molecule has 1 saturated heterocycles. The van der Waals surface area contributed by atoms with Crippen molar-refractivity contribution in [3.8, 4) is 0 Å². The zero-order valence-electron chi connectivity index (χ0n) is 12.9. The van der Waals surface area contributed by atoms with Gasteiger partial charge in [-0.15, -0.1) is 0 Å². The van der Waals surface area contributed by atoms with Crippen molar-refractivity contribution in [2.75, 3.05) is 13.1 Å². The van der Waals surface area contributed by atoms with E-state index in [-0.39, 0.29) is 11.9 Å². The molecule has 1 aliphatic rings. The minimum Gasteiger partial charge on any atom is -0.460 e. The summed E-state index contributed by atoms with van der Waals surface area (Å²) in [5, 5.41) is 3.37. The van der Waals surface area contributed by atoms with E-state index in [2.05, 4.69) is 36.5 Å². The van der Waals surface area contributed by atoms with Gasteiger partial charge in [-0.25, -0.2) is 0 Å². The van der Waals surface area contributed by atoms with Crippen molar-refractivity contribution in [2.45, 2.75) is 45.6 Å². The van der Waals surface area contributed by atoms with Gasteiger partial charge in [0.15, 0.2) is 0 Å². The highest BCUT2D eigenvalue weighted by atomic mass is 16.6. The molecule has 0 aromatic heterocycles. The van der Waals surface area contributed by atoms with Crippen LogP contribution in [0.4, 0.5) is 0 Å². The Kier molecular flexibility index (Phi) is 4.48. The van der Waals surface area contributed by atoms with Gasteiger partial charge >= 0.3 is 5.97 Å². The number of benzene rings is 1. The second kappa shape index (κ2) is 5.96. The second-order valence-corrected chi connectivity index (χ2v) is 6.74.